The van der Waals surface area contributed by atoms with Crippen molar-refractivity contribution in [2.45, 2.75) is 13.5 Å². The summed E-state index contributed by atoms with van der Waals surface area (Å²) in [5.41, 5.74) is 2.56. The number of rotatable bonds is 6. The monoisotopic (exact) mass is 493 g/mol. The highest BCUT2D eigenvalue weighted by Crippen LogP contribution is 2.38. The van der Waals surface area contributed by atoms with E-state index in [1.165, 1.54) is 18.1 Å². The van der Waals surface area contributed by atoms with E-state index in [1.54, 1.807) is 42.5 Å². The van der Waals surface area contributed by atoms with Gasteiger partial charge in [-0.2, -0.15) is 0 Å². The number of carbonyl (C=O) groups is 3. The van der Waals surface area contributed by atoms with Crippen molar-refractivity contribution >= 4 is 46.6 Å². The molecule has 0 atom stereocenters. The SMILES string of the molecule is COc1cccc(/C=C2\SC(=O)N(Cc3ccc(C)cc3)C2=O)c1OC(=O)c1ccccc1Cl. The van der Waals surface area contributed by atoms with E-state index in [9.17, 15) is 14.4 Å². The number of para-hydroxylation sites is 1. The molecule has 0 spiro atoms. The summed E-state index contributed by atoms with van der Waals surface area (Å²) in [5, 5.41) is -0.115. The number of ether oxygens (including phenoxy) is 2. The van der Waals surface area contributed by atoms with Gasteiger partial charge in [-0.25, -0.2) is 4.79 Å². The zero-order valence-corrected chi connectivity index (χ0v) is 20.0. The number of aryl methyl sites for hydroxylation is 1. The number of thioether (sulfide) groups is 1. The van der Waals surface area contributed by atoms with Crippen LogP contribution >= 0.6 is 23.4 Å². The Balaban J connectivity index is 1.63. The number of amides is 2. The molecule has 0 unspecified atom stereocenters. The summed E-state index contributed by atoms with van der Waals surface area (Å²) < 4.78 is 11.0. The van der Waals surface area contributed by atoms with Gasteiger partial charge in [0.2, 0.25) is 0 Å². The number of esters is 1. The molecule has 0 aliphatic carbocycles. The van der Waals surface area contributed by atoms with Crippen molar-refractivity contribution in [3.05, 3.63) is 98.9 Å². The van der Waals surface area contributed by atoms with Crippen molar-refractivity contribution in [2.75, 3.05) is 7.11 Å². The molecule has 2 amide bonds. The third-order valence-electron chi connectivity index (χ3n) is 5.14. The minimum absolute atomic E-state index is 0.125. The van der Waals surface area contributed by atoms with E-state index in [-0.39, 0.29) is 33.0 Å². The van der Waals surface area contributed by atoms with E-state index < -0.39 is 11.9 Å². The molecular weight excluding hydrogens is 474 g/mol. The van der Waals surface area contributed by atoms with Crippen LogP contribution < -0.4 is 9.47 Å². The summed E-state index contributed by atoms with van der Waals surface area (Å²) in [7, 11) is 1.45. The molecule has 1 heterocycles. The molecule has 0 aromatic heterocycles. The van der Waals surface area contributed by atoms with Crippen LogP contribution in [0.2, 0.25) is 5.02 Å². The van der Waals surface area contributed by atoms with E-state index in [4.69, 9.17) is 21.1 Å². The van der Waals surface area contributed by atoms with Crippen LogP contribution in [0.25, 0.3) is 6.08 Å². The smallest absolute Gasteiger partial charge is 0.345 e. The Morgan fingerprint density at radius 3 is 2.47 bits per heavy atom. The van der Waals surface area contributed by atoms with Gasteiger partial charge in [-0.05, 0) is 48.5 Å². The Morgan fingerprint density at radius 1 is 1.03 bits per heavy atom. The first-order chi connectivity index (χ1) is 16.4. The van der Waals surface area contributed by atoms with Crippen LogP contribution in [-0.4, -0.2) is 29.1 Å². The van der Waals surface area contributed by atoms with Crippen molar-refractivity contribution in [1.82, 2.24) is 4.90 Å². The number of nitrogens with zero attached hydrogens (tertiary/aromatic N) is 1. The summed E-state index contributed by atoms with van der Waals surface area (Å²) in [6.07, 6.45) is 1.53. The Morgan fingerprint density at radius 2 is 1.76 bits per heavy atom. The molecule has 0 N–H and O–H groups in total. The van der Waals surface area contributed by atoms with Gasteiger partial charge in [0.25, 0.3) is 11.1 Å². The van der Waals surface area contributed by atoms with Gasteiger partial charge >= 0.3 is 5.97 Å². The van der Waals surface area contributed by atoms with E-state index in [2.05, 4.69) is 0 Å². The van der Waals surface area contributed by atoms with Gasteiger partial charge in [0.05, 0.1) is 29.1 Å². The molecule has 0 radical (unpaired) electrons. The van der Waals surface area contributed by atoms with Gasteiger partial charge < -0.3 is 9.47 Å². The topological polar surface area (TPSA) is 72.9 Å². The molecule has 172 valence electrons. The van der Waals surface area contributed by atoms with Crippen molar-refractivity contribution in [1.29, 1.82) is 0 Å². The minimum Gasteiger partial charge on any atom is -0.493 e. The number of halogens is 1. The molecule has 0 saturated carbocycles. The van der Waals surface area contributed by atoms with Gasteiger partial charge in [0.1, 0.15) is 0 Å². The van der Waals surface area contributed by atoms with Crippen molar-refractivity contribution in [2.24, 2.45) is 0 Å². The first kappa shape index (κ1) is 23.6. The lowest BCUT2D eigenvalue weighted by molar-refractivity contribution is -0.123. The maximum Gasteiger partial charge on any atom is 0.345 e. The normalized spacial score (nSPS) is 14.6. The Kier molecular flexibility index (Phi) is 7.05. The molecule has 6 nitrogen and oxygen atoms in total. The molecule has 8 heteroatoms. The second-order valence-electron chi connectivity index (χ2n) is 7.50. The molecule has 3 aromatic carbocycles. The van der Waals surface area contributed by atoms with Crippen LogP contribution in [0.1, 0.15) is 27.0 Å². The largest absolute Gasteiger partial charge is 0.493 e. The average Bonchev–Trinajstić information content (AvgIpc) is 3.09. The summed E-state index contributed by atoms with van der Waals surface area (Å²) in [5.74, 6) is -0.660. The number of methoxy groups -OCH3 is 1. The maximum absolute atomic E-state index is 13.0. The molecule has 34 heavy (non-hydrogen) atoms. The zero-order valence-electron chi connectivity index (χ0n) is 18.4. The van der Waals surface area contributed by atoms with Crippen LogP contribution in [0.3, 0.4) is 0 Å². The van der Waals surface area contributed by atoms with E-state index >= 15 is 0 Å². The zero-order chi connectivity index (χ0) is 24.2. The summed E-state index contributed by atoms with van der Waals surface area (Å²) in [6, 6.07) is 19.2. The fourth-order valence-corrected chi connectivity index (χ4v) is 4.39. The molecule has 1 aliphatic heterocycles. The fourth-order valence-electron chi connectivity index (χ4n) is 3.34. The quantitative estimate of drug-likeness (QED) is 0.234. The lowest BCUT2D eigenvalue weighted by Crippen LogP contribution is -2.27. The Labute approximate surface area is 206 Å². The molecule has 4 rings (SSSR count). The van der Waals surface area contributed by atoms with E-state index in [1.807, 2.05) is 31.2 Å². The standard InChI is InChI=1S/C26H20ClNO5S/c1-16-10-12-17(13-11-16)15-28-24(29)22(34-26(28)31)14-18-6-5-9-21(32-2)23(18)33-25(30)19-7-3-4-8-20(19)27/h3-14H,15H2,1-2H3/b22-14-. The molecular formula is C26H20ClNO5S. The lowest BCUT2D eigenvalue weighted by Gasteiger charge is -2.13. The summed E-state index contributed by atoms with van der Waals surface area (Å²) in [6.45, 7) is 2.14. The second-order valence-corrected chi connectivity index (χ2v) is 8.90. The van der Waals surface area contributed by atoms with Gasteiger partial charge in [0.15, 0.2) is 11.5 Å². The molecule has 1 fully saturated rings. The van der Waals surface area contributed by atoms with Gasteiger partial charge in [-0.15, -0.1) is 0 Å². The summed E-state index contributed by atoms with van der Waals surface area (Å²) >= 11 is 6.96. The maximum atomic E-state index is 13.0. The molecule has 3 aromatic rings. The summed E-state index contributed by atoms with van der Waals surface area (Å²) in [4.78, 5) is 39.8. The molecule has 1 saturated heterocycles. The predicted octanol–water partition coefficient (Wildman–Crippen LogP) is 6.11. The number of hydrogen-bond acceptors (Lipinski definition) is 6. The highest BCUT2D eigenvalue weighted by molar-refractivity contribution is 8.18. The fraction of sp³-hybridized carbons (Fsp3) is 0.115. The van der Waals surface area contributed by atoms with Crippen molar-refractivity contribution < 1.29 is 23.9 Å². The van der Waals surface area contributed by atoms with Gasteiger partial charge in [0, 0.05) is 5.56 Å². The predicted molar refractivity (Wildman–Crippen MR) is 132 cm³/mol. The van der Waals surface area contributed by atoms with Crippen molar-refractivity contribution in [3.8, 4) is 11.5 Å². The highest BCUT2D eigenvalue weighted by Gasteiger charge is 2.35. The Bertz CT molecular complexity index is 1300. The first-order valence-corrected chi connectivity index (χ1v) is 11.5. The number of benzene rings is 3. The molecule has 0 bridgehead atoms. The minimum atomic E-state index is -0.669. The first-order valence-electron chi connectivity index (χ1n) is 10.3. The lowest BCUT2D eigenvalue weighted by atomic mass is 10.1. The highest BCUT2D eigenvalue weighted by atomic mass is 35.5. The average molecular weight is 494 g/mol. The Hall–Kier alpha value is -3.55. The number of carbonyl (C=O) groups excluding carboxylic acids is 3. The molecule has 1 aliphatic rings. The third-order valence-corrected chi connectivity index (χ3v) is 6.38. The number of imide groups is 1. The van der Waals surface area contributed by atoms with Gasteiger partial charge in [-0.3, -0.25) is 14.5 Å². The third kappa shape index (κ3) is 5.00. The van der Waals surface area contributed by atoms with E-state index in [0.717, 1.165) is 22.9 Å². The second kappa shape index (κ2) is 10.2. The van der Waals surface area contributed by atoms with Crippen LogP contribution in [0.15, 0.2) is 71.6 Å². The van der Waals surface area contributed by atoms with Crippen LogP contribution in [0.5, 0.6) is 11.5 Å². The van der Waals surface area contributed by atoms with Crippen LogP contribution in [0, 0.1) is 6.92 Å². The van der Waals surface area contributed by atoms with Crippen molar-refractivity contribution in [3.63, 3.8) is 0 Å². The van der Waals surface area contributed by atoms with E-state index in [0.29, 0.717) is 11.3 Å². The number of hydrogen-bond donors (Lipinski definition) is 0. The van der Waals surface area contributed by atoms with Crippen LogP contribution in [0.4, 0.5) is 4.79 Å². The van der Waals surface area contributed by atoms with Gasteiger partial charge in [-0.1, -0.05) is 65.7 Å². The van der Waals surface area contributed by atoms with Crippen LogP contribution in [-0.2, 0) is 11.3 Å².